The third-order valence-electron chi connectivity index (χ3n) is 1.99. The molecule has 112 valence electrons. The number of hydrogen-bond donors (Lipinski definition) is 1. The van der Waals surface area contributed by atoms with Crippen LogP contribution < -0.4 is 10.5 Å². The first-order valence-corrected chi connectivity index (χ1v) is 5.28. The Labute approximate surface area is 121 Å². The van der Waals surface area contributed by atoms with Gasteiger partial charge in [-0.05, 0) is 6.07 Å². The number of ether oxygens (including phenoxy) is 1. The average molecular weight is 294 g/mol. The number of nitrogen functional groups attached to an aromatic ring is 1. The normalized spacial score (nSPS) is 8.67. The van der Waals surface area contributed by atoms with E-state index in [1.165, 1.54) is 19.5 Å². The first-order chi connectivity index (χ1) is 9.60. The molecule has 0 saturated carbocycles. The van der Waals surface area contributed by atoms with E-state index >= 15 is 0 Å². The number of anilines is 1. The van der Waals surface area contributed by atoms with Gasteiger partial charge >= 0.3 is 0 Å². The van der Waals surface area contributed by atoms with Crippen LogP contribution in [0.25, 0.3) is 0 Å². The van der Waals surface area contributed by atoms with Crippen LogP contribution in [0.5, 0.6) is 5.88 Å². The number of pyridine rings is 1. The average Bonchev–Trinajstić information content (AvgIpc) is 2.48. The predicted octanol–water partition coefficient (Wildman–Crippen LogP) is 1.55. The van der Waals surface area contributed by atoms with Crippen molar-refractivity contribution in [3.63, 3.8) is 0 Å². The Bertz CT molecular complexity index is 590. The predicted molar refractivity (Wildman–Crippen MR) is 74.7 cm³/mol. The van der Waals surface area contributed by atoms with Gasteiger partial charge in [-0.15, -0.1) is 0 Å². The molecule has 0 aliphatic heterocycles. The van der Waals surface area contributed by atoms with Gasteiger partial charge < -0.3 is 10.5 Å². The lowest BCUT2D eigenvalue weighted by molar-refractivity contribution is 0.111. The SMILES string of the molecule is C.COc1ncc(F)cc1C=O.Nc1ncc(C=O)cn1. The fourth-order valence-corrected chi connectivity index (χ4v) is 1.11. The Balaban J connectivity index is 0.000000370. The van der Waals surface area contributed by atoms with Gasteiger partial charge in [0, 0.05) is 12.4 Å². The molecule has 0 saturated heterocycles. The minimum absolute atomic E-state index is 0. The molecule has 0 aromatic carbocycles. The summed E-state index contributed by atoms with van der Waals surface area (Å²) in [6.45, 7) is 0. The Kier molecular flexibility index (Phi) is 7.82. The number of methoxy groups -OCH3 is 1. The fraction of sp³-hybridized carbons (Fsp3) is 0.154. The van der Waals surface area contributed by atoms with Crippen molar-refractivity contribution in [2.45, 2.75) is 7.43 Å². The maximum atomic E-state index is 12.4. The van der Waals surface area contributed by atoms with Crippen LogP contribution in [0.3, 0.4) is 0 Å². The summed E-state index contributed by atoms with van der Waals surface area (Å²) in [5.41, 5.74) is 5.70. The summed E-state index contributed by atoms with van der Waals surface area (Å²) in [5.74, 6) is -0.227. The monoisotopic (exact) mass is 294 g/mol. The van der Waals surface area contributed by atoms with Crippen molar-refractivity contribution in [1.82, 2.24) is 15.0 Å². The van der Waals surface area contributed by atoms with Gasteiger partial charge in [0.1, 0.15) is 5.82 Å². The summed E-state index contributed by atoms with van der Waals surface area (Å²) in [5, 5.41) is 0. The highest BCUT2D eigenvalue weighted by atomic mass is 19.1. The van der Waals surface area contributed by atoms with Crippen LogP contribution in [0.4, 0.5) is 10.3 Å². The lowest BCUT2D eigenvalue weighted by atomic mass is 10.3. The maximum Gasteiger partial charge on any atom is 0.223 e. The molecule has 0 spiro atoms. The van der Waals surface area contributed by atoms with E-state index in [-0.39, 0.29) is 24.8 Å². The zero-order valence-electron chi connectivity index (χ0n) is 10.5. The first kappa shape index (κ1) is 18.1. The standard InChI is InChI=1S/C7H6FNO2.C5H5N3O.CH4/c1-11-7-5(4-10)2-6(8)3-9-7;6-5-7-1-4(3-9)2-8-5;/h2-4H,1H3;1-3H,(H2,6,7,8);1H4. The lowest BCUT2D eigenvalue weighted by Gasteiger charge is -1.99. The van der Waals surface area contributed by atoms with Gasteiger partial charge in [-0.3, -0.25) is 9.59 Å². The Morgan fingerprint density at radius 3 is 2.24 bits per heavy atom. The van der Waals surface area contributed by atoms with Gasteiger partial charge in [-0.25, -0.2) is 19.3 Å². The second-order valence-corrected chi connectivity index (χ2v) is 3.36. The van der Waals surface area contributed by atoms with E-state index in [4.69, 9.17) is 5.73 Å². The zero-order chi connectivity index (χ0) is 15.0. The molecule has 0 radical (unpaired) electrons. The van der Waals surface area contributed by atoms with Crippen LogP contribution in [-0.4, -0.2) is 34.6 Å². The van der Waals surface area contributed by atoms with Gasteiger partial charge in [0.2, 0.25) is 11.8 Å². The van der Waals surface area contributed by atoms with Crippen molar-refractivity contribution >= 4 is 18.5 Å². The number of carbonyl (C=O) groups excluding carboxylic acids is 2. The third kappa shape index (κ3) is 5.72. The van der Waals surface area contributed by atoms with E-state index < -0.39 is 5.82 Å². The van der Waals surface area contributed by atoms with Crippen LogP contribution in [0.15, 0.2) is 24.7 Å². The van der Waals surface area contributed by atoms with E-state index in [0.717, 1.165) is 12.3 Å². The van der Waals surface area contributed by atoms with Gasteiger partial charge in [0.05, 0.1) is 24.4 Å². The number of nitrogens with two attached hydrogens (primary N) is 1. The van der Waals surface area contributed by atoms with Gasteiger partial charge in [-0.2, -0.15) is 0 Å². The summed E-state index contributed by atoms with van der Waals surface area (Å²) < 4.78 is 17.1. The number of halogens is 1. The van der Waals surface area contributed by atoms with Crippen molar-refractivity contribution in [1.29, 1.82) is 0 Å². The smallest absolute Gasteiger partial charge is 0.223 e. The molecule has 8 heteroatoms. The molecule has 2 heterocycles. The lowest BCUT2D eigenvalue weighted by Crippen LogP contribution is -1.94. The molecule has 0 aliphatic rings. The van der Waals surface area contributed by atoms with Crippen molar-refractivity contribution in [2.24, 2.45) is 0 Å². The molecule has 2 rings (SSSR count). The largest absolute Gasteiger partial charge is 0.480 e. The highest BCUT2D eigenvalue weighted by Gasteiger charge is 2.03. The van der Waals surface area contributed by atoms with Crippen LogP contribution in [0, 0.1) is 5.82 Å². The molecule has 0 fully saturated rings. The molecule has 21 heavy (non-hydrogen) atoms. The molecule has 0 atom stereocenters. The van der Waals surface area contributed by atoms with Crippen LogP contribution >= 0.6 is 0 Å². The van der Waals surface area contributed by atoms with E-state index in [0.29, 0.717) is 18.1 Å². The zero-order valence-corrected chi connectivity index (χ0v) is 10.5. The van der Waals surface area contributed by atoms with Crippen molar-refractivity contribution in [2.75, 3.05) is 12.8 Å². The van der Waals surface area contributed by atoms with Gasteiger partial charge in [0.15, 0.2) is 12.6 Å². The molecule has 0 bridgehead atoms. The quantitative estimate of drug-likeness (QED) is 0.855. The van der Waals surface area contributed by atoms with Crippen LogP contribution in [0.1, 0.15) is 28.1 Å². The van der Waals surface area contributed by atoms with Crippen molar-refractivity contribution in [3.05, 3.63) is 41.6 Å². The number of hydrogen-bond acceptors (Lipinski definition) is 7. The summed E-state index contributed by atoms with van der Waals surface area (Å²) in [6.07, 6.45) is 4.89. The molecule has 2 aromatic rings. The van der Waals surface area contributed by atoms with Gasteiger partial charge in [0.25, 0.3) is 0 Å². The number of aromatic nitrogens is 3. The number of nitrogens with zero attached hydrogens (tertiary/aromatic N) is 3. The number of carbonyl (C=O) groups is 2. The molecule has 2 N–H and O–H groups in total. The Hall–Kier alpha value is -2.90. The third-order valence-corrected chi connectivity index (χ3v) is 1.99. The highest BCUT2D eigenvalue weighted by Crippen LogP contribution is 2.12. The highest BCUT2D eigenvalue weighted by molar-refractivity contribution is 5.77. The maximum absolute atomic E-state index is 12.4. The molecule has 0 unspecified atom stereocenters. The minimum atomic E-state index is -0.548. The Morgan fingerprint density at radius 2 is 1.76 bits per heavy atom. The van der Waals surface area contributed by atoms with E-state index in [2.05, 4.69) is 19.7 Å². The van der Waals surface area contributed by atoms with Gasteiger partial charge in [-0.1, -0.05) is 7.43 Å². The Morgan fingerprint density at radius 1 is 1.14 bits per heavy atom. The minimum Gasteiger partial charge on any atom is -0.480 e. The summed E-state index contributed by atoms with van der Waals surface area (Å²) in [6, 6.07) is 1.07. The van der Waals surface area contributed by atoms with E-state index in [1.54, 1.807) is 0 Å². The van der Waals surface area contributed by atoms with E-state index in [9.17, 15) is 14.0 Å². The van der Waals surface area contributed by atoms with Crippen molar-refractivity contribution < 1.29 is 18.7 Å². The summed E-state index contributed by atoms with van der Waals surface area (Å²) >= 11 is 0. The molecule has 0 amide bonds. The summed E-state index contributed by atoms with van der Waals surface area (Å²) in [4.78, 5) is 31.0. The molecule has 2 aromatic heterocycles. The molecular formula is C13H15FN4O3. The van der Waals surface area contributed by atoms with Crippen molar-refractivity contribution in [3.8, 4) is 5.88 Å². The van der Waals surface area contributed by atoms with Crippen LogP contribution in [0.2, 0.25) is 0 Å². The second-order valence-electron chi connectivity index (χ2n) is 3.36. The summed E-state index contributed by atoms with van der Waals surface area (Å²) in [7, 11) is 1.37. The molecule has 0 aliphatic carbocycles. The molecular weight excluding hydrogens is 279 g/mol. The van der Waals surface area contributed by atoms with Crippen LogP contribution in [-0.2, 0) is 0 Å². The number of aldehydes is 2. The first-order valence-electron chi connectivity index (χ1n) is 5.28. The van der Waals surface area contributed by atoms with E-state index in [1.807, 2.05) is 0 Å². The molecule has 7 nitrogen and oxygen atoms in total. The second kappa shape index (κ2) is 9.08. The number of rotatable bonds is 3. The fourth-order valence-electron chi connectivity index (χ4n) is 1.11. The topological polar surface area (TPSA) is 108 Å².